The van der Waals surface area contributed by atoms with Crippen LogP contribution in [0.3, 0.4) is 0 Å². The van der Waals surface area contributed by atoms with Gasteiger partial charge in [0.05, 0.1) is 28.9 Å². The monoisotopic (exact) mass is 516 g/mol. The van der Waals surface area contributed by atoms with Gasteiger partial charge in [0, 0.05) is 38.9 Å². The van der Waals surface area contributed by atoms with Crippen LogP contribution in [0, 0.1) is 6.92 Å². The minimum atomic E-state index is -0.391. The van der Waals surface area contributed by atoms with Gasteiger partial charge in [-0.2, -0.15) is 0 Å². The Balaban J connectivity index is 1.35. The zero-order valence-corrected chi connectivity index (χ0v) is 21.6. The Morgan fingerprint density at radius 1 is 1.11 bits per heavy atom. The van der Waals surface area contributed by atoms with Crippen LogP contribution in [0.15, 0.2) is 53.3 Å². The maximum absolute atomic E-state index is 13.5. The Labute approximate surface area is 217 Å². The summed E-state index contributed by atoms with van der Waals surface area (Å²) >= 11 is 1.72. The molecule has 0 spiro atoms. The Hall–Kier alpha value is -3.67. The molecule has 4 heterocycles. The molecule has 1 aliphatic rings. The Morgan fingerprint density at radius 3 is 2.76 bits per heavy atom. The number of hydrogen-bond acceptors (Lipinski definition) is 9. The van der Waals surface area contributed by atoms with E-state index < -0.39 is 6.04 Å². The fourth-order valence-electron chi connectivity index (χ4n) is 5.01. The third-order valence-electron chi connectivity index (χ3n) is 6.96. The number of H-pyrrole nitrogens is 1. The van der Waals surface area contributed by atoms with E-state index in [9.17, 15) is 4.79 Å². The molecule has 2 aromatic carbocycles. The largest absolute Gasteiger partial charge is 0.383 e. The van der Waals surface area contributed by atoms with E-state index in [0.29, 0.717) is 24.5 Å². The van der Waals surface area contributed by atoms with Gasteiger partial charge in [-0.05, 0) is 46.5 Å². The maximum Gasteiger partial charge on any atom is 0.253 e. The molecule has 0 aliphatic carbocycles. The first-order valence-corrected chi connectivity index (χ1v) is 13.2. The maximum atomic E-state index is 13.5. The number of thiazole rings is 1. The number of methoxy groups -OCH3 is 1. The predicted molar refractivity (Wildman–Crippen MR) is 144 cm³/mol. The molecule has 1 aliphatic heterocycles. The van der Waals surface area contributed by atoms with E-state index in [2.05, 4.69) is 42.4 Å². The number of anilines is 1. The van der Waals surface area contributed by atoms with Crippen molar-refractivity contribution in [2.24, 2.45) is 0 Å². The van der Waals surface area contributed by atoms with Crippen LogP contribution in [0.2, 0.25) is 0 Å². The quantitative estimate of drug-likeness (QED) is 0.352. The molecule has 5 aromatic rings. The molecular formula is C26H28N8O2S. The summed E-state index contributed by atoms with van der Waals surface area (Å²) < 4.78 is 8.21. The second-order valence-electron chi connectivity index (χ2n) is 9.24. The third-order valence-corrected chi connectivity index (χ3v) is 8.05. The summed E-state index contributed by atoms with van der Waals surface area (Å²) in [5, 5.41) is 14.6. The van der Waals surface area contributed by atoms with E-state index in [0.717, 1.165) is 53.3 Å². The SMILES string of the molecule is COCCn1nnnc1[C@@H](c1cc2cccc(C)c2[nH]c1=O)N1CCN(c2nc3ccccc3s2)CC1. The van der Waals surface area contributed by atoms with Gasteiger partial charge in [0.25, 0.3) is 5.56 Å². The number of rotatable bonds is 7. The standard InChI is InChI=1S/C26H28N8O2S/c1-17-6-5-7-18-16-19(25(35)28-22(17)18)23(24-29-30-31-34(24)14-15-36-2)32-10-12-33(13-11-32)26-27-20-8-3-4-9-21(20)37-26/h3-9,16,23H,10-15H2,1-2H3,(H,28,35)/t23-/m1/s1. The van der Waals surface area contributed by atoms with Crippen LogP contribution < -0.4 is 10.5 Å². The Bertz CT molecular complexity index is 1570. The minimum Gasteiger partial charge on any atom is -0.383 e. The van der Waals surface area contributed by atoms with Crippen molar-refractivity contribution >= 4 is 37.6 Å². The van der Waals surface area contributed by atoms with Crippen LogP contribution in [0.1, 0.15) is 23.0 Å². The van der Waals surface area contributed by atoms with Gasteiger partial charge in [-0.1, -0.05) is 41.7 Å². The van der Waals surface area contributed by atoms with E-state index >= 15 is 0 Å². The highest BCUT2D eigenvalue weighted by Crippen LogP contribution is 2.32. The summed E-state index contributed by atoms with van der Waals surface area (Å²) in [6.07, 6.45) is 0. The first-order valence-electron chi connectivity index (χ1n) is 12.3. The number of benzene rings is 2. The van der Waals surface area contributed by atoms with Crippen molar-refractivity contribution in [3.05, 3.63) is 75.8 Å². The van der Waals surface area contributed by atoms with Crippen molar-refractivity contribution < 1.29 is 4.74 Å². The normalized spacial score (nSPS) is 15.6. The fraction of sp³-hybridized carbons (Fsp3) is 0.346. The number of aryl methyl sites for hydroxylation is 1. The van der Waals surface area contributed by atoms with Gasteiger partial charge in [-0.3, -0.25) is 9.69 Å². The van der Waals surface area contributed by atoms with Gasteiger partial charge >= 0.3 is 0 Å². The van der Waals surface area contributed by atoms with Gasteiger partial charge in [-0.15, -0.1) is 5.10 Å². The molecule has 1 fully saturated rings. The molecule has 1 saturated heterocycles. The highest BCUT2D eigenvalue weighted by atomic mass is 32.1. The zero-order valence-electron chi connectivity index (χ0n) is 20.8. The van der Waals surface area contributed by atoms with Gasteiger partial charge in [-0.25, -0.2) is 9.67 Å². The lowest BCUT2D eigenvalue weighted by molar-refractivity contribution is 0.171. The molecule has 3 aromatic heterocycles. The highest BCUT2D eigenvalue weighted by Gasteiger charge is 2.33. The average Bonchev–Trinajstić information content (AvgIpc) is 3.56. The predicted octanol–water partition coefficient (Wildman–Crippen LogP) is 2.99. The van der Waals surface area contributed by atoms with Crippen molar-refractivity contribution in [2.75, 3.05) is 44.8 Å². The third kappa shape index (κ3) is 4.50. The summed E-state index contributed by atoms with van der Waals surface area (Å²) in [6.45, 7) is 6.05. The van der Waals surface area contributed by atoms with Crippen LogP contribution in [0.25, 0.3) is 21.1 Å². The smallest absolute Gasteiger partial charge is 0.253 e. The molecule has 0 unspecified atom stereocenters. The lowest BCUT2D eigenvalue weighted by Gasteiger charge is -2.38. The molecule has 11 heteroatoms. The van der Waals surface area contributed by atoms with Crippen LogP contribution in [0.4, 0.5) is 5.13 Å². The van der Waals surface area contributed by atoms with E-state index in [1.54, 1.807) is 23.1 Å². The molecule has 1 atom stereocenters. The summed E-state index contributed by atoms with van der Waals surface area (Å²) in [7, 11) is 1.65. The Morgan fingerprint density at radius 2 is 1.95 bits per heavy atom. The lowest BCUT2D eigenvalue weighted by Crippen LogP contribution is -2.49. The average molecular weight is 517 g/mol. The fourth-order valence-corrected chi connectivity index (χ4v) is 6.03. The minimum absolute atomic E-state index is 0.123. The molecule has 0 bridgehead atoms. The molecule has 190 valence electrons. The second-order valence-corrected chi connectivity index (χ2v) is 10.2. The summed E-state index contributed by atoms with van der Waals surface area (Å²) in [5.41, 5.74) is 3.43. The van der Waals surface area contributed by atoms with Gasteiger partial charge in [0.2, 0.25) is 0 Å². The number of fused-ring (bicyclic) bond motifs is 2. The number of tetrazole rings is 1. The first-order chi connectivity index (χ1) is 18.1. The molecule has 0 amide bonds. The molecule has 10 nitrogen and oxygen atoms in total. The van der Waals surface area contributed by atoms with Gasteiger partial charge in [0.15, 0.2) is 11.0 Å². The summed E-state index contributed by atoms with van der Waals surface area (Å²) in [6, 6.07) is 15.9. The van der Waals surface area contributed by atoms with E-state index in [1.807, 2.05) is 43.3 Å². The number of para-hydroxylation sites is 2. The van der Waals surface area contributed by atoms with Crippen molar-refractivity contribution in [1.82, 2.24) is 35.1 Å². The Kier molecular flexibility index (Phi) is 6.41. The number of pyridine rings is 1. The van der Waals surface area contributed by atoms with Crippen LogP contribution in [-0.2, 0) is 11.3 Å². The number of nitrogens with zero attached hydrogens (tertiary/aromatic N) is 7. The molecule has 0 radical (unpaired) electrons. The number of piperazine rings is 1. The molecule has 37 heavy (non-hydrogen) atoms. The molecule has 6 rings (SSSR count). The van der Waals surface area contributed by atoms with Crippen molar-refractivity contribution in [3.63, 3.8) is 0 Å². The summed E-state index contributed by atoms with van der Waals surface area (Å²) in [5.74, 6) is 0.642. The lowest BCUT2D eigenvalue weighted by atomic mass is 10.0. The number of ether oxygens (including phenoxy) is 1. The second kappa shape index (κ2) is 10.0. The first kappa shape index (κ1) is 23.7. The molecule has 0 saturated carbocycles. The number of aromatic nitrogens is 6. The van der Waals surface area contributed by atoms with Crippen molar-refractivity contribution in [1.29, 1.82) is 0 Å². The molecular weight excluding hydrogens is 488 g/mol. The van der Waals surface area contributed by atoms with Gasteiger partial charge < -0.3 is 14.6 Å². The number of hydrogen-bond donors (Lipinski definition) is 1. The van der Waals surface area contributed by atoms with E-state index in [1.165, 1.54) is 4.70 Å². The molecule has 1 N–H and O–H groups in total. The van der Waals surface area contributed by atoms with E-state index in [4.69, 9.17) is 9.72 Å². The van der Waals surface area contributed by atoms with Crippen LogP contribution in [0.5, 0.6) is 0 Å². The summed E-state index contributed by atoms with van der Waals surface area (Å²) in [4.78, 5) is 26.0. The van der Waals surface area contributed by atoms with Crippen LogP contribution in [-0.4, -0.2) is 75.0 Å². The van der Waals surface area contributed by atoms with Crippen molar-refractivity contribution in [3.8, 4) is 0 Å². The topological polar surface area (TPSA) is 105 Å². The zero-order chi connectivity index (χ0) is 25.4. The van der Waals surface area contributed by atoms with Crippen molar-refractivity contribution in [2.45, 2.75) is 19.5 Å². The number of aromatic amines is 1. The van der Waals surface area contributed by atoms with Crippen LogP contribution >= 0.6 is 11.3 Å². The van der Waals surface area contributed by atoms with E-state index in [-0.39, 0.29) is 5.56 Å². The van der Waals surface area contributed by atoms with Gasteiger partial charge in [0.1, 0.15) is 6.04 Å². The number of nitrogens with one attached hydrogen (secondary N) is 1. The highest BCUT2D eigenvalue weighted by molar-refractivity contribution is 7.22.